The van der Waals surface area contributed by atoms with Gasteiger partial charge in [0.1, 0.15) is 23.8 Å². The molecule has 16 heteroatoms. The van der Waals surface area contributed by atoms with Crippen molar-refractivity contribution in [2.45, 2.75) is 51.1 Å². The summed E-state index contributed by atoms with van der Waals surface area (Å²) in [6.45, 7) is 4.12. The number of carbonyl (C=O) groups excluding carboxylic acids is 2. The number of amides is 1. The number of nitrogens with one attached hydrogen (secondary N) is 2. The monoisotopic (exact) mass is 687 g/mol. The summed E-state index contributed by atoms with van der Waals surface area (Å²) in [6, 6.07) is 1.34. The van der Waals surface area contributed by atoms with Crippen molar-refractivity contribution in [3.63, 3.8) is 0 Å². The van der Waals surface area contributed by atoms with Crippen molar-refractivity contribution in [1.82, 2.24) is 34.6 Å². The van der Waals surface area contributed by atoms with E-state index in [1.165, 1.54) is 15.3 Å². The summed E-state index contributed by atoms with van der Waals surface area (Å²) in [5.74, 6) is -3.96. The Kier molecular flexibility index (Phi) is 8.68. The topological polar surface area (TPSA) is 134 Å². The van der Waals surface area contributed by atoms with E-state index in [4.69, 9.17) is 21.3 Å². The maximum absolute atomic E-state index is 15.3. The predicted molar refractivity (Wildman–Crippen MR) is 169 cm³/mol. The number of phenolic OH excluding ortho intramolecular Hbond substituents is 1. The van der Waals surface area contributed by atoms with E-state index in [9.17, 15) is 23.9 Å². The van der Waals surface area contributed by atoms with E-state index >= 15 is 8.78 Å². The molecule has 3 aromatic rings. The number of nitrogens with zero attached hydrogens (tertiary/aromatic N) is 5. The van der Waals surface area contributed by atoms with Crippen LogP contribution in [0.2, 0.25) is 0 Å². The Bertz CT molecular complexity index is 1930. The van der Waals surface area contributed by atoms with Crippen molar-refractivity contribution < 1.29 is 32.6 Å². The van der Waals surface area contributed by atoms with Gasteiger partial charge in [-0.2, -0.15) is 4.39 Å². The number of aromatic hydroxyl groups is 1. The van der Waals surface area contributed by atoms with Crippen LogP contribution in [0.4, 0.5) is 13.2 Å². The minimum absolute atomic E-state index is 0.0542. The molecule has 0 radical (unpaired) electrons. The summed E-state index contributed by atoms with van der Waals surface area (Å²) in [7, 11) is 0. The molecule has 0 aliphatic carbocycles. The second-order valence-electron chi connectivity index (χ2n) is 12.3. The molecule has 0 spiro atoms. The molecule has 2 aromatic heterocycles. The van der Waals surface area contributed by atoms with Gasteiger partial charge in [0.05, 0.1) is 40.9 Å². The van der Waals surface area contributed by atoms with Gasteiger partial charge in [-0.1, -0.05) is 18.0 Å². The SMILES string of the molecule is O=Cc1cc(-c2cn(CC(=O)NC3=C(Cl)C(F)NC(N4CCN(C5COC5)CC4)=C3)c3nc4n(c(=O)c23)CCCCC4)c(F)c(F)c1O. The number of piperazine rings is 1. The van der Waals surface area contributed by atoms with E-state index in [1.54, 1.807) is 6.08 Å². The minimum Gasteiger partial charge on any atom is -0.504 e. The van der Waals surface area contributed by atoms with Gasteiger partial charge in [-0.15, -0.1) is 0 Å². The summed E-state index contributed by atoms with van der Waals surface area (Å²) in [5.41, 5.74) is -1.47. The number of hydrogen-bond acceptors (Lipinski definition) is 9. The fourth-order valence-corrected chi connectivity index (χ4v) is 6.83. The van der Waals surface area contributed by atoms with E-state index in [0.29, 0.717) is 57.0 Å². The number of phenols is 1. The zero-order valence-electron chi connectivity index (χ0n) is 25.8. The zero-order valence-corrected chi connectivity index (χ0v) is 26.5. The average Bonchev–Trinajstić information content (AvgIpc) is 3.22. The Balaban J connectivity index is 1.21. The lowest BCUT2D eigenvalue weighted by molar-refractivity contribution is -0.120. The van der Waals surface area contributed by atoms with Gasteiger partial charge in [-0.05, 0) is 18.9 Å². The second-order valence-corrected chi connectivity index (χ2v) is 12.7. The smallest absolute Gasteiger partial charge is 0.263 e. The van der Waals surface area contributed by atoms with Crippen LogP contribution >= 0.6 is 11.6 Å². The van der Waals surface area contributed by atoms with Crippen LogP contribution in [0.5, 0.6) is 5.75 Å². The van der Waals surface area contributed by atoms with Gasteiger partial charge in [-0.3, -0.25) is 23.9 Å². The van der Waals surface area contributed by atoms with Crippen LogP contribution in [-0.2, 0) is 29.0 Å². The van der Waals surface area contributed by atoms with E-state index in [0.717, 1.165) is 38.4 Å². The fraction of sp³-hybridized carbons (Fsp3) is 0.438. The number of ether oxygens (including phenoxy) is 1. The third-order valence-electron chi connectivity index (χ3n) is 9.38. The van der Waals surface area contributed by atoms with Gasteiger partial charge in [-0.25, -0.2) is 13.8 Å². The zero-order chi connectivity index (χ0) is 33.7. The van der Waals surface area contributed by atoms with Gasteiger partial charge in [0.15, 0.2) is 17.9 Å². The quantitative estimate of drug-likeness (QED) is 0.253. The van der Waals surface area contributed by atoms with E-state index in [1.807, 2.05) is 4.90 Å². The molecular weight excluding hydrogens is 655 g/mol. The van der Waals surface area contributed by atoms with Crippen LogP contribution in [0.25, 0.3) is 22.2 Å². The van der Waals surface area contributed by atoms with Gasteiger partial charge >= 0.3 is 0 Å². The van der Waals surface area contributed by atoms with E-state index in [2.05, 4.69) is 15.5 Å². The van der Waals surface area contributed by atoms with Crippen molar-refractivity contribution in [3.05, 3.63) is 68.3 Å². The van der Waals surface area contributed by atoms with Crippen LogP contribution in [-0.4, -0.2) is 92.9 Å². The van der Waals surface area contributed by atoms with Crippen molar-refractivity contribution in [3.8, 4) is 16.9 Å². The van der Waals surface area contributed by atoms with Gasteiger partial charge < -0.3 is 29.9 Å². The third kappa shape index (κ3) is 5.73. The van der Waals surface area contributed by atoms with Crippen molar-refractivity contribution in [2.75, 3.05) is 39.4 Å². The highest BCUT2D eigenvalue weighted by Crippen LogP contribution is 2.36. The summed E-state index contributed by atoms with van der Waals surface area (Å²) >= 11 is 6.30. The van der Waals surface area contributed by atoms with Crippen molar-refractivity contribution in [1.29, 1.82) is 0 Å². The first-order valence-electron chi connectivity index (χ1n) is 15.8. The number of aromatic nitrogens is 3. The van der Waals surface area contributed by atoms with Crippen LogP contribution in [0.3, 0.4) is 0 Å². The van der Waals surface area contributed by atoms with E-state index in [-0.39, 0.29) is 33.6 Å². The van der Waals surface area contributed by atoms with Crippen molar-refractivity contribution in [2.24, 2.45) is 0 Å². The second kappa shape index (κ2) is 12.9. The van der Waals surface area contributed by atoms with Crippen LogP contribution < -0.4 is 16.2 Å². The molecule has 4 aliphatic heterocycles. The first-order chi connectivity index (χ1) is 23.1. The molecule has 48 heavy (non-hydrogen) atoms. The Morgan fingerprint density at radius 1 is 1.12 bits per heavy atom. The van der Waals surface area contributed by atoms with Crippen LogP contribution in [0, 0.1) is 11.6 Å². The average molecular weight is 688 g/mol. The fourth-order valence-electron chi connectivity index (χ4n) is 6.67. The standard InChI is InChI=1S/C32H33ClF3N7O5/c33-26-21(11-23(38-30(26)36)41-8-6-40(7-9-41)18-15-48-16-18)37-24(45)13-42-12-20(19-10-17(14-44)29(46)28(35)27(19)34)25-31(42)39-22-4-2-1-3-5-43(22)32(25)47/h10-12,14,18,30,38,46H,1-9,13,15-16H2,(H,37,45). The molecule has 1 amide bonds. The number of dihydropyridines is 1. The minimum atomic E-state index is -1.77. The summed E-state index contributed by atoms with van der Waals surface area (Å²) < 4.78 is 53.2. The van der Waals surface area contributed by atoms with Gasteiger partial charge in [0, 0.05) is 62.5 Å². The Morgan fingerprint density at radius 2 is 1.90 bits per heavy atom. The number of benzene rings is 1. The first-order valence-corrected chi connectivity index (χ1v) is 16.2. The lowest BCUT2D eigenvalue weighted by atomic mass is 10.0. The number of allylic oxidation sites excluding steroid dienone is 1. The first kappa shape index (κ1) is 32.2. The largest absolute Gasteiger partial charge is 0.504 e. The molecule has 254 valence electrons. The number of carbonyl (C=O) groups is 2. The maximum atomic E-state index is 15.3. The number of aryl methyl sites for hydroxylation is 1. The molecule has 12 nitrogen and oxygen atoms in total. The maximum Gasteiger partial charge on any atom is 0.263 e. The predicted octanol–water partition coefficient (Wildman–Crippen LogP) is 2.71. The number of hydrogen-bond donors (Lipinski definition) is 3. The normalized spacial score (nSPS) is 20.5. The number of aldehydes is 1. The molecule has 0 bridgehead atoms. The number of rotatable bonds is 7. The van der Waals surface area contributed by atoms with Gasteiger partial charge in [0.25, 0.3) is 5.56 Å². The molecule has 0 saturated carbocycles. The highest BCUT2D eigenvalue weighted by Gasteiger charge is 2.32. The van der Waals surface area contributed by atoms with Crippen LogP contribution in [0.1, 0.15) is 35.4 Å². The third-order valence-corrected chi connectivity index (χ3v) is 9.78. The molecule has 7 rings (SSSR count). The van der Waals surface area contributed by atoms with Crippen molar-refractivity contribution >= 4 is 34.8 Å². The summed E-state index contributed by atoms with van der Waals surface area (Å²) in [6.07, 6.45) is 4.13. The molecule has 2 fully saturated rings. The highest BCUT2D eigenvalue weighted by atomic mass is 35.5. The Morgan fingerprint density at radius 3 is 2.60 bits per heavy atom. The molecule has 6 heterocycles. The molecular formula is C32H33ClF3N7O5. The molecule has 4 aliphatic rings. The number of alkyl halides is 1. The highest BCUT2D eigenvalue weighted by molar-refractivity contribution is 6.30. The van der Waals surface area contributed by atoms with E-state index < -0.39 is 52.8 Å². The van der Waals surface area contributed by atoms with Gasteiger partial charge in [0.2, 0.25) is 18.0 Å². The molecule has 2 saturated heterocycles. The summed E-state index contributed by atoms with van der Waals surface area (Å²) in [5, 5.41) is 15.0. The molecule has 1 unspecified atom stereocenters. The molecule has 1 aromatic carbocycles. The molecule has 3 N–H and O–H groups in total. The Hall–Kier alpha value is -4.34. The lowest BCUT2D eigenvalue weighted by Gasteiger charge is -2.44. The molecule has 1 atom stereocenters. The summed E-state index contributed by atoms with van der Waals surface area (Å²) in [4.78, 5) is 47.9. The van der Waals surface area contributed by atoms with Crippen LogP contribution in [0.15, 0.2) is 39.7 Å². The number of fused-ring (bicyclic) bond motifs is 2. The Labute approximate surface area is 277 Å². The number of halogens is 4. The lowest BCUT2D eigenvalue weighted by Crippen LogP contribution is -2.57.